The van der Waals surface area contributed by atoms with Crippen LogP contribution in [0.2, 0.25) is 0 Å². The maximum atomic E-state index is 11.9. The van der Waals surface area contributed by atoms with Crippen LogP contribution in [0.15, 0.2) is 30.3 Å². The summed E-state index contributed by atoms with van der Waals surface area (Å²) in [5.41, 5.74) is 0.660. The van der Waals surface area contributed by atoms with Gasteiger partial charge >= 0.3 is 0 Å². The Labute approximate surface area is 135 Å². The van der Waals surface area contributed by atoms with E-state index in [0.717, 1.165) is 32.8 Å². The third-order valence-electron chi connectivity index (χ3n) is 3.91. The van der Waals surface area contributed by atoms with Gasteiger partial charge in [0.15, 0.2) is 0 Å². The minimum atomic E-state index is -1.20. The van der Waals surface area contributed by atoms with Gasteiger partial charge in [0.1, 0.15) is 32.2 Å². The zero-order valence-corrected chi connectivity index (χ0v) is 13.1. The number of carboxylic acid groups (broad SMARTS) is 1. The lowest BCUT2D eigenvalue weighted by Gasteiger charge is -2.24. The number of benzene rings is 1. The average Bonchev–Trinajstić information content (AvgIpc) is 2.55. The summed E-state index contributed by atoms with van der Waals surface area (Å²) in [6.45, 7) is 4.88. The Kier molecular flexibility index (Phi) is 6.99. The first kappa shape index (κ1) is 17.4. The number of anilines is 1. The Bertz CT molecular complexity index is 503. The lowest BCUT2D eigenvalue weighted by molar-refractivity contribution is -0.920. The summed E-state index contributed by atoms with van der Waals surface area (Å²) in [5, 5.41) is 15.6. The first-order valence-electron chi connectivity index (χ1n) is 7.95. The van der Waals surface area contributed by atoms with Crippen LogP contribution in [0.3, 0.4) is 0 Å². The van der Waals surface area contributed by atoms with E-state index in [4.69, 9.17) is 4.74 Å². The Morgan fingerprint density at radius 2 is 1.96 bits per heavy atom. The van der Waals surface area contributed by atoms with Gasteiger partial charge in [0, 0.05) is 5.69 Å². The topological polar surface area (TPSA) is 99.5 Å². The molecule has 2 rings (SSSR count). The Hall–Kier alpha value is -1.96. The number of carbonyl (C=O) groups is 2. The minimum absolute atomic E-state index is 0.102. The van der Waals surface area contributed by atoms with Crippen molar-refractivity contribution in [1.29, 1.82) is 0 Å². The van der Waals surface area contributed by atoms with Crippen molar-refractivity contribution in [2.24, 2.45) is 0 Å². The molecule has 1 aliphatic heterocycles. The van der Waals surface area contributed by atoms with Crippen molar-refractivity contribution in [3.05, 3.63) is 30.3 Å². The highest BCUT2D eigenvalue weighted by atomic mass is 16.5. The van der Waals surface area contributed by atoms with E-state index in [0.29, 0.717) is 12.2 Å². The number of rotatable bonds is 8. The fraction of sp³-hybridized carbons (Fsp3) is 0.500. The fourth-order valence-electron chi connectivity index (χ4n) is 2.59. The van der Waals surface area contributed by atoms with E-state index in [-0.39, 0.29) is 12.3 Å². The number of nitrogens with one attached hydrogen (secondary N) is 2. The molecule has 4 N–H and O–H groups in total. The number of para-hydroxylation sites is 1. The first-order chi connectivity index (χ1) is 11.1. The predicted octanol–water partition coefficient (Wildman–Crippen LogP) is -3.39. The van der Waals surface area contributed by atoms with Crippen molar-refractivity contribution in [3.8, 4) is 0 Å². The quantitative estimate of drug-likeness (QED) is 0.465. The molecule has 23 heavy (non-hydrogen) atoms. The van der Waals surface area contributed by atoms with E-state index >= 15 is 0 Å². The minimum Gasteiger partial charge on any atom is -0.544 e. The monoisotopic (exact) mass is 322 g/mol. The van der Waals surface area contributed by atoms with Crippen molar-refractivity contribution in [3.63, 3.8) is 0 Å². The van der Waals surface area contributed by atoms with Crippen LogP contribution >= 0.6 is 0 Å². The molecule has 0 spiro atoms. The van der Waals surface area contributed by atoms with Crippen LogP contribution in [-0.4, -0.2) is 57.3 Å². The summed E-state index contributed by atoms with van der Waals surface area (Å²) >= 11 is 0. The molecule has 1 heterocycles. The zero-order chi connectivity index (χ0) is 16.5. The van der Waals surface area contributed by atoms with Gasteiger partial charge in [0.2, 0.25) is 5.91 Å². The van der Waals surface area contributed by atoms with E-state index in [1.165, 1.54) is 4.90 Å². The van der Waals surface area contributed by atoms with Gasteiger partial charge in [-0.1, -0.05) is 18.2 Å². The van der Waals surface area contributed by atoms with Gasteiger partial charge in [-0.05, 0) is 12.1 Å². The van der Waals surface area contributed by atoms with Crippen molar-refractivity contribution >= 4 is 17.6 Å². The smallest absolute Gasteiger partial charge is 0.230 e. The van der Waals surface area contributed by atoms with E-state index in [1.807, 2.05) is 18.2 Å². The zero-order valence-electron chi connectivity index (χ0n) is 13.1. The van der Waals surface area contributed by atoms with Crippen LogP contribution in [0.5, 0.6) is 0 Å². The number of morpholine rings is 1. The van der Waals surface area contributed by atoms with E-state index < -0.39 is 12.0 Å². The van der Waals surface area contributed by atoms with Crippen molar-refractivity contribution in [2.75, 3.05) is 44.7 Å². The predicted molar refractivity (Wildman–Crippen MR) is 81.7 cm³/mol. The molecule has 126 valence electrons. The second kappa shape index (κ2) is 9.24. The number of ether oxygens (including phenoxy) is 1. The van der Waals surface area contributed by atoms with E-state index in [1.54, 1.807) is 17.4 Å². The molecule has 0 aliphatic carbocycles. The Morgan fingerprint density at radius 1 is 1.26 bits per heavy atom. The van der Waals surface area contributed by atoms with Gasteiger partial charge in [-0.2, -0.15) is 0 Å². The number of nitrogens with two attached hydrogens (primary N) is 1. The number of amides is 1. The highest BCUT2D eigenvalue weighted by molar-refractivity contribution is 5.93. The standard InChI is InChI=1S/C16H23N3O4/c20-15(18-13-4-2-1-3-5-13)12-14(16(21)22)17-6-7-19-8-10-23-11-9-19/h1-5,14,17H,6-12H2,(H,18,20)(H,21,22)/p+1/t14-/m1/s1. The summed E-state index contributed by atoms with van der Waals surface area (Å²) in [4.78, 5) is 24.6. The number of hydrogen-bond acceptors (Lipinski definition) is 4. The molecule has 0 radical (unpaired) electrons. The molecule has 1 aliphatic rings. The molecule has 1 saturated heterocycles. The largest absolute Gasteiger partial charge is 0.544 e. The SMILES string of the molecule is O=C(C[C@@H]([NH2+]CC[NH+]1CCOCC1)C(=O)[O-])Nc1ccccc1. The van der Waals surface area contributed by atoms with Crippen molar-refractivity contribution in [1.82, 2.24) is 0 Å². The van der Waals surface area contributed by atoms with Crippen LogP contribution in [0.25, 0.3) is 0 Å². The van der Waals surface area contributed by atoms with Crippen molar-refractivity contribution in [2.45, 2.75) is 12.5 Å². The molecule has 0 bridgehead atoms. The molecule has 1 fully saturated rings. The molecular weight excluding hydrogens is 298 g/mol. The lowest BCUT2D eigenvalue weighted by Crippen LogP contribution is -3.17. The van der Waals surface area contributed by atoms with Gasteiger partial charge in [0.25, 0.3) is 0 Å². The molecule has 1 aromatic carbocycles. The summed E-state index contributed by atoms with van der Waals surface area (Å²) in [5.74, 6) is -1.52. The second-order valence-corrected chi connectivity index (χ2v) is 5.68. The molecule has 0 unspecified atom stereocenters. The molecule has 1 aromatic rings. The molecule has 0 saturated carbocycles. The summed E-state index contributed by atoms with van der Waals surface area (Å²) in [6.07, 6.45) is -0.102. The molecular formula is C16H24N3O4+. The summed E-state index contributed by atoms with van der Waals surface area (Å²) in [6, 6.07) is 8.13. The molecule has 7 nitrogen and oxygen atoms in total. The van der Waals surface area contributed by atoms with E-state index in [9.17, 15) is 14.7 Å². The van der Waals surface area contributed by atoms with Crippen LogP contribution < -0.4 is 20.6 Å². The van der Waals surface area contributed by atoms with Gasteiger partial charge in [-0.3, -0.25) is 4.79 Å². The average molecular weight is 322 g/mol. The van der Waals surface area contributed by atoms with Crippen LogP contribution in [0, 0.1) is 0 Å². The maximum Gasteiger partial charge on any atom is 0.230 e. The highest BCUT2D eigenvalue weighted by Gasteiger charge is 2.20. The molecule has 1 amide bonds. The Morgan fingerprint density at radius 3 is 2.61 bits per heavy atom. The summed E-state index contributed by atoms with van der Waals surface area (Å²) in [7, 11) is 0. The van der Waals surface area contributed by atoms with Gasteiger partial charge in [0.05, 0.1) is 25.6 Å². The third kappa shape index (κ3) is 6.35. The van der Waals surface area contributed by atoms with Crippen molar-refractivity contribution < 1.29 is 29.6 Å². The normalized spacial score (nSPS) is 16.7. The van der Waals surface area contributed by atoms with Crippen LogP contribution in [0.1, 0.15) is 6.42 Å². The number of carboxylic acids is 1. The molecule has 7 heteroatoms. The van der Waals surface area contributed by atoms with Crippen LogP contribution in [0.4, 0.5) is 5.69 Å². The van der Waals surface area contributed by atoms with Gasteiger partial charge in [-0.15, -0.1) is 0 Å². The molecule has 0 aromatic heterocycles. The summed E-state index contributed by atoms with van der Waals surface area (Å²) < 4.78 is 5.29. The van der Waals surface area contributed by atoms with Gasteiger partial charge in [-0.25, -0.2) is 0 Å². The van der Waals surface area contributed by atoms with Crippen LogP contribution in [-0.2, 0) is 14.3 Å². The first-order valence-corrected chi connectivity index (χ1v) is 7.95. The molecule has 1 atom stereocenters. The number of quaternary nitrogens is 2. The number of carbonyl (C=O) groups excluding carboxylic acids is 2. The van der Waals surface area contributed by atoms with E-state index in [2.05, 4.69) is 5.32 Å². The maximum absolute atomic E-state index is 11.9. The number of aliphatic carboxylic acids is 1. The fourth-order valence-corrected chi connectivity index (χ4v) is 2.59. The lowest BCUT2D eigenvalue weighted by atomic mass is 10.2. The van der Waals surface area contributed by atoms with Gasteiger partial charge < -0.3 is 30.2 Å². The number of hydrogen-bond donors (Lipinski definition) is 3. The third-order valence-corrected chi connectivity index (χ3v) is 3.91. The Balaban J connectivity index is 1.74. The highest BCUT2D eigenvalue weighted by Crippen LogP contribution is 2.05. The second-order valence-electron chi connectivity index (χ2n) is 5.68.